The smallest absolute Gasteiger partial charge is 0.255 e. The Kier molecular flexibility index (Phi) is 5.00. The van der Waals surface area contributed by atoms with Crippen molar-refractivity contribution in [3.05, 3.63) is 64.9 Å². The Bertz CT molecular complexity index is 1030. The molecule has 3 aromatic rings. The van der Waals surface area contributed by atoms with Crippen LogP contribution in [0, 0.1) is 18.6 Å². The topological polar surface area (TPSA) is 63.5 Å². The number of hydrogen-bond donors (Lipinski definition) is 2. The predicted octanol–water partition coefficient (Wildman–Crippen LogP) is 3.69. The van der Waals surface area contributed by atoms with E-state index in [0.29, 0.717) is 28.0 Å². The molecule has 146 valence electrons. The molecule has 1 aliphatic heterocycles. The Labute approximate surface area is 160 Å². The second-order valence-corrected chi connectivity index (χ2v) is 6.86. The number of ether oxygens (including phenoxy) is 1. The highest BCUT2D eigenvalue weighted by atomic mass is 19.2. The van der Waals surface area contributed by atoms with Gasteiger partial charge in [0.05, 0.1) is 5.56 Å². The lowest BCUT2D eigenvalue weighted by Crippen LogP contribution is -2.36. The third kappa shape index (κ3) is 3.57. The van der Waals surface area contributed by atoms with Crippen molar-refractivity contribution in [3.8, 4) is 5.75 Å². The van der Waals surface area contributed by atoms with Gasteiger partial charge in [0.1, 0.15) is 23.7 Å². The monoisotopic (exact) mass is 386 g/mol. The van der Waals surface area contributed by atoms with Gasteiger partial charge >= 0.3 is 0 Å². The SMILES string of the molecule is Cc1oc2ccc(OCc3cccc(F)c3F)cc2c1C(=O)N[C@H]1CCNC1. The molecule has 28 heavy (non-hydrogen) atoms. The summed E-state index contributed by atoms with van der Waals surface area (Å²) in [5.41, 5.74) is 1.15. The molecule has 1 aromatic heterocycles. The first-order valence-corrected chi connectivity index (χ1v) is 9.13. The molecule has 2 heterocycles. The highest BCUT2D eigenvalue weighted by Gasteiger charge is 2.23. The summed E-state index contributed by atoms with van der Waals surface area (Å²) in [6, 6.07) is 9.10. The maximum Gasteiger partial charge on any atom is 0.255 e. The number of halogens is 2. The van der Waals surface area contributed by atoms with E-state index in [-0.39, 0.29) is 24.1 Å². The van der Waals surface area contributed by atoms with Crippen molar-refractivity contribution in [2.45, 2.75) is 26.0 Å². The Morgan fingerprint density at radius 3 is 2.96 bits per heavy atom. The quantitative estimate of drug-likeness (QED) is 0.702. The summed E-state index contributed by atoms with van der Waals surface area (Å²) in [5, 5.41) is 6.84. The van der Waals surface area contributed by atoms with Crippen LogP contribution in [0.2, 0.25) is 0 Å². The number of fused-ring (bicyclic) bond motifs is 1. The molecule has 1 atom stereocenters. The second kappa shape index (κ2) is 7.59. The lowest BCUT2D eigenvalue weighted by atomic mass is 10.1. The number of rotatable bonds is 5. The molecular weight excluding hydrogens is 366 g/mol. The molecular formula is C21H20F2N2O3. The van der Waals surface area contributed by atoms with Crippen molar-refractivity contribution in [2.24, 2.45) is 0 Å². The van der Waals surface area contributed by atoms with Crippen LogP contribution in [0.4, 0.5) is 8.78 Å². The van der Waals surface area contributed by atoms with Crippen molar-refractivity contribution in [3.63, 3.8) is 0 Å². The van der Waals surface area contributed by atoms with Crippen LogP contribution < -0.4 is 15.4 Å². The first-order valence-electron chi connectivity index (χ1n) is 9.13. The van der Waals surface area contributed by atoms with E-state index in [2.05, 4.69) is 10.6 Å². The maximum absolute atomic E-state index is 13.8. The van der Waals surface area contributed by atoms with Crippen LogP contribution >= 0.6 is 0 Å². The number of hydrogen-bond acceptors (Lipinski definition) is 4. The standard InChI is InChI=1S/C21H20F2N2O3/c1-12-19(21(26)25-14-7-8-24-10-14)16-9-15(5-6-18(16)28-12)27-11-13-3-2-4-17(22)20(13)23/h2-6,9,14,24H,7-8,10-11H2,1H3,(H,25,26)/t14-/m0/s1. The first kappa shape index (κ1) is 18.4. The summed E-state index contributed by atoms with van der Waals surface area (Å²) < 4.78 is 38.4. The summed E-state index contributed by atoms with van der Waals surface area (Å²) >= 11 is 0. The fourth-order valence-corrected chi connectivity index (χ4v) is 3.43. The van der Waals surface area contributed by atoms with Gasteiger partial charge in [0.2, 0.25) is 0 Å². The first-order chi connectivity index (χ1) is 13.5. The molecule has 2 aromatic carbocycles. The Balaban J connectivity index is 1.57. The largest absolute Gasteiger partial charge is 0.489 e. The molecule has 1 fully saturated rings. The van der Waals surface area contributed by atoms with E-state index in [4.69, 9.17) is 9.15 Å². The van der Waals surface area contributed by atoms with E-state index in [0.717, 1.165) is 25.6 Å². The van der Waals surface area contributed by atoms with Crippen molar-refractivity contribution in [2.75, 3.05) is 13.1 Å². The van der Waals surface area contributed by atoms with Gasteiger partial charge in [-0.2, -0.15) is 0 Å². The molecule has 7 heteroatoms. The number of furan rings is 1. The predicted molar refractivity (Wildman–Crippen MR) is 100 cm³/mol. The molecule has 1 aliphatic rings. The maximum atomic E-state index is 13.8. The number of nitrogens with one attached hydrogen (secondary N) is 2. The Morgan fingerprint density at radius 1 is 1.32 bits per heavy atom. The second-order valence-electron chi connectivity index (χ2n) is 6.86. The van der Waals surface area contributed by atoms with Gasteiger partial charge in [-0.1, -0.05) is 12.1 Å². The summed E-state index contributed by atoms with van der Waals surface area (Å²) in [6.45, 7) is 3.24. The summed E-state index contributed by atoms with van der Waals surface area (Å²) in [6.07, 6.45) is 0.883. The van der Waals surface area contributed by atoms with Gasteiger partial charge in [-0.15, -0.1) is 0 Å². The summed E-state index contributed by atoms with van der Waals surface area (Å²) in [4.78, 5) is 12.7. The fourth-order valence-electron chi connectivity index (χ4n) is 3.43. The van der Waals surface area contributed by atoms with Crippen molar-refractivity contribution in [1.82, 2.24) is 10.6 Å². The molecule has 5 nitrogen and oxygen atoms in total. The normalized spacial score (nSPS) is 16.5. The van der Waals surface area contributed by atoms with E-state index < -0.39 is 11.6 Å². The number of carbonyl (C=O) groups excluding carboxylic acids is 1. The number of aryl methyl sites for hydroxylation is 1. The van der Waals surface area contributed by atoms with Crippen LogP contribution in [-0.4, -0.2) is 25.0 Å². The average Bonchev–Trinajstić information content (AvgIpc) is 3.29. The Hall–Kier alpha value is -2.93. The zero-order chi connectivity index (χ0) is 19.7. The molecule has 0 bridgehead atoms. The van der Waals surface area contributed by atoms with E-state index in [1.165, 1.54) is 12.1 Å². The molecule has 0 spiro atoms. The molecule has 0 radical (unpaired) electrons. The third-order valence-corrected chi connectivity index (χ3v) is 4.88. The van der Waals surface area contributed by atoms with Gasteiger partial charge in [-0.25, -0.2) is 8.78 Å². The molecule has 1 saturated heterocycles. The van der Waals surface area contributed by atoms with Gasteiger partial charge in [0, 0.05) is 23.5 Å². The van der Waals surface area contributed by atoms with E-state index in [9.17, 15) is 13.6 Å². The molecule has 0 aliphatic carbocycles. The highest BCUT2D eigenvalue weighted by Crippen LogP contribution is 2.30. The van der Waals surface area contributed by atoms with Gasteiger partial charge in [0.15, 0.2) is 11.6 Å². The van der Waals surface area contributed by atoms with Crippen LogP contribution in [0.15, 0.2) is 40.8 Å². The molecule has 1 amide bonds. The van der Waals surface area contributed by atoms with Gasteiger partial charge < -0.3 is 19.8 Å². The van der Waals surface area contributed by atoms with Crippen LogP contribution in [0.1, 0.15) is 28.1 Å². The minimum Gasteiger partial charge on any atom is -0.489 e. The minimum atomic E-state index is -0.923. The molecule has 2 N–H and O–H groups in total. The Morgan fingerprint density at radius 2 is 2.18 bits per heavy atom. The zero-order valence-electron chi connectivity index (χ0n) is 15.4. The van der Waals surface area contributed by atoms with E-state index >= 15 is 0 Å². The molecule has 0 saturated carbocycles. The number of amides is 1. The third-order valence-electron chi connectivity index (χ3n) is 4.88. The molecule has 0 unspecified atom stereocenters. The van der Waals surface area contributed by atoms with Crippen molar-refractivity contribution < 1.29 is 22.7 Å². The van der Waals surface area contributed by atoms with Gasteiger partial charge in [-0.3, -0.25) is 4.79 Å². The zero-order valence-corrected chi connectivity index (χ0v) is 15.4. The highest BCUT2D eigenvalue weighted by molar-refractivity contribution is 6.07. The lowest BCUT2D eigenvalue weighted by molar-refractivity contribution is 0.0940. The van der Waals surface area contributed by atoms with Crippen LogP contribution in [0.3, 0.4) is 0 Å². The number of benzene rings is 2. The van der Waals surface area contributed by atoms with Crippen molar-refractivity contribution >= 4 is 16.9 Å². The fraction of sp³-hybridized carbons (Fsp3) is 0.286. The number of carbonyl (C=O) groups is 1. The summed E-state index contributed by atoms with van der Waals surface area (Å²) in [5.74, 6) is -1.08. The average molecular weight is 386 g/mol. The van der Waals surface area contributed by atoms with Gasteiger partial charge in [-0.05, 0) is 44.2 Å². The van der Waals surface area contributed by atoms with Crippen LogP contribution in [-0.2, 0) is 6.61 Å². The van der Waals surface area contributed by atoms with Gasteiger partial charge in [0.25, 0.3) is 5.91 Å². The molecule has 4 rings (SSSR count). The minimum absolute atomic E-state index is 0.0900. The summed E-state index contributed by atoms with van der Waals surface area (Å²) in [7, 11) is 0. The van der Waals surface area contributed by atoms with E-state index in [1.807, 2.05) is 0 Å². The van der Waals surface area contributed by atoms with Crippen molar-refractivity contribution in [1.29, 1.82) is 0 Å². The lowest BCUT2D eigenvalue weighted by Gasteiger charge is -2.11. The van der Waals surface area contributed by atoms with E-state index in [1.54, 1.807) is 25.1 Å². The van der Waals surface area contributed by atoms with Crippen LogP contribution in [0.25, 0.3) is 11.0 Å². The van der Waals surface area contributed by atoms with Crippen LogP contribution in [0.5, 0.6) is 5.75 Å².